The zero-order valence-corrected chi connectivity index (χ0v) is 13.0. The second-order valence-corrected chi connectivity index (χ2v) is 6.82. The first-order chi connectivity index (χ1) is 9.72. The monoisotopic (exact) mass is 330 g/mol. The van der Waals surface area contributed by atoms with E-state index in [1.165, 1.54) is 11.1 Å². The maximum absolute atomic E-state index is 10.1. The highest BCUT2D eigenvalue weighted by atomic mass is 79.9. The summed E-state index contributed by atoms with van der Waals surface area (Å²) < 4.78 is 0. The lowest BCUT2D eigenvalue weighted by Crippen LogP contribution is -2.41. The van der Waals surface area contributed by atoms with E-state index in [-0.39, 0.29) is 16.3 Å². The highest BCUT2D eigenvalue weighted by molar-refractivity contribution is 9.09. The summed E-state index contributed by atoms with van der Waals surface area (Å²) in [5.74, 6) is 0. The van der Waals surface area contributed by atoms with Crippen molar-refractivity contribution in [2.45, 2.75) is 35.6 Å². The molecule has 20 heavy (non-hydrogen) atoms. The molecule has 2 atom stereocenters. The Balaban J connectivity index is 2.09. The summed E-state index contributed by atoms with van der Waals surface area (Å²) in [7, 11) is 0. The van der Waals surface area contributed by atoms with E-state index in [9.17, 15) is 5.11 Å². The SMILES string of the molecule is OC1CCC(c2ccccc2)(c2ccccc2)CC1Br. The van der Waals surface area contributed by atoms with Gasteiger partial charge in [0.2, 0.25) is 0 Å². The zero-order chi connectivity index (χ0) is 14.0. The lowest BCUT2D eigenvalue weighted by molar-refractivity contribution is 0.115. The van der Waals surface area contributed by atoms with E-state index in [4.69, 9.17) is 0 Å². The van der Waals surface area contributed by atoms with Crippen molar-refractivity contribution in [3.05, 3.63) is 71.8 Å². The largest absolute Gasteiger partial charge is 0.392 e. The van der Waals surface area contributed by atoms with E-state index in [2.05, 4.69) is 76.6 Å². The molecule has 1 saturated carbocycles. The van der Waals surface area contributed by atoms with Crippen molar-refractivity contribution >= 4 is 15.9 Å². The van der Waals surface area contributed by atoms with Crippen LogP contribution in [0.3, 0.4) is 0 Å². The van der Waals surface area contributed by atoms with E-state index in [1.807, 2.05) is 0 Å². The third kappa shape index (κ3) is 2.43. The van der Waals surface area contributed by atoms with E-state index in [1.54, 1.807) is 0 Å². The molecular weight excluding hydrogens is 312 g/mol. The molecule has 1 fully saturated rings. The van der Waals surface area contributed by atoms with Crippen molar-refractivity contribution < 1.29 is 5.11 Å². The Labute approximate surface area is 128 Å². The number of aliphatic hydroxyl groups excluding tert-OH is 1. The van der Waals surface area contributed by atoms with Crippen molar-refractivity contribution in [1.82, 2.24) is 0 Å². The second kappa shape index (κ2) is 5.71. The molecule has 0 heterocycles. The first kappa shape index (κ1) is 13.8. The first-order valence-corrected chi connectivity index (χ1v) is 8.07. The minimum atomic E-state index is -0.240. The molecule has 2 heteroatoms. The predicted molar refractivity (Wildman–Crippen MR) is 86.2 cm³/mol. The molecule has 2 aromatic carbocycles. The molecule has 0 spiro atoms. The standard InChI is InChI=1S/C18H19BrO/c19-16-13-18(12-11-17(16)20,14-7-3-1-4-8-14)15-9-5-2-6-10-15/h1-10,16-17,20H,11-13H2. The molecule has 3 rings (SSSR count). The Hall–Kier alpha value is -1.12. The van der Waals surface area contributed by atoms with Gasteiger partial charge in [0.1, 0.15) is 0 Å². The maximum Gasteiger partial charge on any atom is 0.0666 e. The predicted octanol–water partition coefficient (Wildman–Crippen LogP) is 4.28. The molecule has 1 aliphatic carbocycles. The summed E-state index contributed by atoms with van der Waals surface area (Å²) >= 11 is 3.67. The average molecular weight is 331 g/mol. The third-order valence-corrected chi connectivity index (χ3v) is 5.41. The highest BCUT2D eigenvalue weighted by Crippen LogP contribution is 2.46. The van der Waals surface area contributed by atoms with Crippen LogP contribution in [0.1, 0.15) is 30.4 Å². The van der Waals surface area contributed by atoms with Gasteiger partial charge in [0.15, 0.2) is 0 Å². The van der Waals surface area contributed by atoms with Crippen LogP contribution in [0.2, 0.25) is 0 Å². The van der Waals surface area contributed by atoms with Crippen molar-refractivity contribution in [1.29, 1.82) is 0 Å². The van der Waals surface area contributed by atoms with Gasteiger partial charge in [-0.15, -0.1) is 0 Å². The Kier molecular flexibility index (Phi) is 3.95. The second-order valence-electron chi connectivity index (χ2n) is 5.64. The van der Waals surface area contributed by atoms with E-state index in [0.717, 1.165) is 19.3 Å². The zero-order valence-electron chi connectivity index (χ0n) is 11.4. The summed E-state index contributed by atoms with van der Waals surface area (Å²) in [6, 6.07) is 21.4. The minimum Gasteiger partial charge on any atom is -0.392 e. The molecule has 2 aromatic rings. The number of rotatable bonds is 2. The Bertz CT molecular complexity index is 513. The molecule has 0 saturated heterocycles. The Morgan fingerprint density at radius 2 is 1.40 bits per heavy atom. The van der Waals surface area contributed by atoms with Gasteiger partial charge < -0.3 is 5.11 Å². The molecule has 1 nitrogen and oxygen atoms in total. The lowest BCUT2D eigenvalue weighted by atomic mass is 9.65. The van der Waals surface area contributed by atoms with Gasteiger partial charge in [0.05, 0.1) is 6.10 Å². The van der Waals surface area contributed by atoms with E-state index < -0.39 is 0 Å². The number of benzene rings is 2. The Morgan fingerprint density at radius 1 is 0.900 bits per heavy atom. The molecule has 0 amide bonds. The van der Waals surface area contributed by atoms with Crippen molar-refractivity contribution in [3.63, 3.8) is 0 Å². The Morgan fingerprint density at radius 3 is 1.85 bits per heavy atom. The average Bonchev–Trinajstić information content (AvgIpc) is 2.52. The van der Waals surface area contributed by atoms with Gasteiger partial charge in [-0.2, -0.15) is 0 Å². The molecule has 1 N–H and O–H groups in total. The minimum absolute atomic E-state index is 0.00984. The summed E-state index contributed by atoms with van der Waals surface area (Å²) in [4.78, 5) is 0.150. The topological polar surface area (TPSA) is 20.2 Å². The van der Waals surface area contributed by atoms with Gasteiger partial charge in [0, 0.05) is 10.2 Å². The third-order valence-electron chi connectivity index (χ3n) is 4.48. The van der Waals surface area contributed by atoms with E-state index >= 15 is 0 Å². The van der Waals surface area contributed by atoms with Crippen molar-refractivity contribution in [2.24, 2.45) is 0 Å². The highest BCUT2D eigenvalue weighted by Gasteiger charge is 2.41. The molecule has 0 aliphatic heterocycles. The van der Waals surface area contributed by atoms with Crippen LogP contribution in [0, 0.1) is 0 Å². The number of hydrogen-bond acceptors (Lipinski definition) is 1. The summed E-state index contributed by atoms with van der Waals surface area (Å²) in [5, 5.41) is 10.1. The molecule has 0 radical (unpaired) electrons. The number of hydrogen-bond donors (Lipinski definition) is 1. The van der Waals surface area contributed by atoms with Crippen LogP contribution in [-0.2, 0) is 5.41 Å². The van der Waals surface area contributed by atoms with Gasteiger partial charge in [0.25, 0.3) is 0 Å². The number of alkyl halides is 1. The van der Waals surface area contributed by atoms with Crippen LogP contribution in [0.5, 0.6) is 0 Å². The molecule has 0 bridgehead atoms. The summed E-state index contributed by atoms with van der Waals surface area (Å²) in [6.45, 7) is 0. The smallest absolute Gasteiger partial charge is 0.0666 e. The van der Waals surface area contributed by atoms with Crippen molar-refractivity contribution in [2.75, 3.05) is 0 Å². The van der Waals surface area contributed by atoms with Crippen LogP contribution in [-0.4, -0.2) is 16.0 Å². The maximum atomic E-state index is 10.1. The van der Waals surface area contributed by atoms with Crippen molar-refractivity contribution in [3.8, 4) is 0 Å². The van der Waals surface area contributed by atoms with Crippen LogP contribution in [0.4, 0.5) is 0 Å². The summed E-state index contributed by atoms with van der Waals surface area (Å²) in [5.41, 5.74) is 2.71. The molecule has 0 aromatic heterocycles. The van der Waals surface area contributed by atoms with Gasteiger partial charge in [-0.25, -0.2) is 0 Å². The molecule has 104 valence electrons. The molecular formula is C18H19BrO. The van der Waals surface area contributed by atoms with Crippen LogP contribution >= 0.6 is 15.9 Å². The van der Waals surface area contributed by atoms with Gasteiger partial charge >= 0.3 is 0 Å². The van der Waals surface area contributed by atoms with Gasteiger partial charge in [-0.1, -0.05) is 76.6 Å². The van der Waals surface area contributed by atoms with E-state index in [0.29, 0.717) is 0 Å². The normalized spacial score (nSPS) is 25.3. The number of halogens is 1. The fraction of sp³-hybridized carbons (Fsp3) is 0.333. The van der Waals surface area contributed by atoms with Crippen LogP contribution in [0.25, 0.3) is 0 Å². The lowest BCUT2D eigenvalue weighted by Gasteiger charge is -2.42. The van der Waals surface area contributed by atoms with Gasteiger partial charge in [-0.3, -0.25) is 0 Å². The first-order valence-electron chi connectivity index (χ1n) is 7.15. The fourth-order valence-electron chi connectivity index (χ4n) is 3.35. The van der Waals surface area contributed by atoms with Gasteiger partial charge in [-0.05, 0) is 30.4 Å². The quantitative estimate of drug-likeness (QED) is 0.815. The molecule has 2 unspecified atom stereocenters. The fourth-order valence-corrected chi connectivity index (χ4v) is 4.17. The van der Waals surface area contributed by atoms with Crippen LogP contribution < -0.4 is 0 Å². The molecule has 1 aliphatic rings. The summed E-state index contributed by atoms with van der Waals surface area (Å²) in [6.07, 6.45) is 2.52. The van der Waals surface area contributed by atoms with Crippen LogP contribution in [0.15, 0.2) is 60.7 Å². The number of aliphatic hydroxyl groups is 1.